The molecule has 1 aromatic rings. The molecule has 1 atom stereocenters. The summed E-state index contributed by atoms with van der Waals surface area (Å²) in [4.78, 5) is 22.4. The summed E-state index contributed by atoms with van der Waals surface area (Å²) < 4.78 is 0. The van der Waals surface area contributed by atoms with Crippen molar-refractivity contribution in [3.05, 3.63) is 35.9 Å². The van der Waals surface area contributed by atoms with Gasteiger partial charge < -0.3 is 20.5 Å². The fraction of sp³-hybridized carbons (Fsp3) is 0.385. The molecule has 2 amide bonds. The Bertz CT molecular complexity index is 392. The smallest absolute Gasteiger partial charge is 0.315 e. The van der Waals surface area contributed by atoms with Gasteiger partial charge >= 0.3 is 6.03 Å². The van der Waals surface area contributed by atoms with E-state index in [1.165, 1.54) is 0 Å². The molecular formula is C13H17N2O3-. The first-order valence-corrected chi connectivity index (χ1v) is 5.92. The number of carbonyl (C=O) groups excluding carboxylic acids is 2. The first kappa shape index (κ1) is 14.0. The second kappa shape index (κ2) is 7.32. The molecule has 0 aliphatic rings. The number of urea groups is 1. The summed E-state index contributed by atoms with van der Waals surface area (Å²) in [7, 11) is 0. The molecule has 0 unspecified atom stereocenters. The molecular weight excluding hydrogens is 232 g/mol. The highest BCUT2D eigenvalue weighted by Gasteiger charge is 2.13. The number of benzene rings is 1. The summed E-state index contributed by atoms with van der Waals surface area (Å²) in [5.41, 5.74) is 0.836. The van der Waals surface area contributed by atoms with Gasteiger partial charge in [-0.25, -0.2) is 4.79 Å². The molecule has 0 radical (unpaired) electrons. The van der Waals surface area contributed by atoms with Gasteiger partial charge in [0.25, 0.3) is 0 Å². The molecule has 0 saturated carbocycles. The van der Waals surface area contributed by atoms with Crippen LogP contribution in [0.25, 0.3) is 0 Å². The van der Waals surface area contributed by atoms with Gasteiger partial charge in [-0.05, 0) is 18.4 Å². The lowest BCUT2D eigenvalue weighted by Gasteiger charge is -2.20. The first-order valence-electron chi connectivity index (χ1n) is 5.92. The van der Waals surface area contributed by atoms with Gasteiger partial charge in [-0.15, -0.1) is 0 Å². The third kappa shape index (κ3) is 4.86. The summed E-state index contributed by atoms with van der Waals surface area (Å²) >= 11 is 0. The van der Waals surface area contributed by atoms with Gasteiger partial charge in [0.05, 0.1) is 12.0 Å². The minimum atomic E-state index is -1.29. The van der Waals surface area contributed by atoms with Crippen molar-refractivity contribution in [3.8, 4) is 0 Å². The van der Waals surface area contributed by atoms with Crippen LogP contribution in [0.2, 0.25) is 0 Å². The predicted octanol–water partition coefficient (Wildman–Crippen LogP) is 0.0568. The van der Waals surface area contributed by atoms with Crippen LogP contribution in [0.15, 0.2) is 30.3 Å². The van der Waals surface area contributed by atoms with Crippen molar-refractivity contribution in [2.24, 2.45) is 0 Å². The van der Waals surface area contributed by atoms with Gasteiger partial charge in [0.15, 0.2) is 0 Å². The molecule has 0 aromatic heterocycles. The lowest BCUT2D eigenvalue weighted by Crippen LogP contribution is -2.52. The Balaban J connectivity index is 2.55. The largest absolute Gasteiger partial charge is 0.548 e. The van der Waals surface area contributed by atoms with Crippen molar-refractivity contribution in [2.45, 2.75) is 25.8 Å². The van der Waals surface area contributed by atoms with Crippen molar-refractivity contribution in [2.75, 3.05) is 6.54 Å². The van der Waals surface area contributed by atoms with Crippen molar-refractivity contribution in [1.82, 2.24) is 10.6 Å². The second-order valence-electron chi connectivity index (χ2n) is 3.96. The molecule has 0 spiro atoms. The van der Waals surface area contributed by atoms with Gasteiger partial charge in [0.2, 0.25) is 0 Å². The number of aliphatic carboxylic acids is 1. The Kier molecular flexibility index (Phi) is 5.70. The number of carboxylic acid groups (broad SMARTS) is 1. The number of hydrogen-bond acceptors (Lipinski definition) is 3. The third-order valence-electron chi connectivity index (χ3n) is 2.41. The third-order valence-corrected chi connectivity index (χ3v) is 2.41. The maximum Gasteiger partial charge on any atom is 0.315 e. The van der Waals surface area contributed by atoms with Crippen LogP contribution in [0.1, 0.15) is 18.9 Å². The summed E-state index contributed by atoms with van der Waals surface area (Å²) in [5.74, 6) is -1.29. The van der Waals surface area contributed by atoms with Crippen LogP contribution in [-0.4, -0.2) is 24.6 Å². The number of rotatable bonds is 6. The van der Waals surface area contributed by atoms with E-state index in [1.807, 2.05) is 37.3 Å². The van der Waals surface area contributed by atoms with Crippen LogP contribution in [-0.2, 0) is 11.2 Å². The Hall–Kier alpha value is -2.04. The summed E-state index contributed by atoms with van der Waals surface area (Å²) in [6.45, 7) is 2.43. The highest BCUT2D eigenvalue weighted by Crippen LogP contribution is 2.02. The van der Waals surface area contributed by atoms with Gasteiger partial charge in [-0.3, -0.25) is 0 Å². The van der Waals surface area contributed by atoms with Crippen LogP contribution >= 0.6 is 0 Å². The van der Waals surface area contributed by atoms with Gasteiger partial charge in [-0.2, -0.15) is 0 Å². The average Bonchev–Trinajstić information content (AvgIpc) is 2.36. The van der Waals surface area contributed by atoms with E-state index in [0.717, 1.165) is 12.0 Å². The van der Waals surface area contributed by atoms with E-state index < -0.39 is 18.0 Å². The molecule has 0 saturated heterocycles. The zero-order chi connectivity index (χ0) is 13.4. The minimum absolute atomic E-state index is 0.211. The molecule has 1 aromatic carbocycles. The number of carbonyl (C=O) groups is 2. The lowest BCUT2D eigenvalue weighted by molar-refractivity contribution is -0.308. The standard InChI is InChI=1S/C13H18N2O3/c1-2-8-14-13(18)15-11(12(16)17)9-10-6-4-3-5-7-10/h3-7,11H,2,8-9H2,1H3,(H,16,17)(H2,14,15,18)/p-1/t11-/m0/s1. The van der Waals surface area contributed by atoms with Crippen LogP contribution in [0.3, 0.4) is 0 Å². The first-order chi connectivity index (χ1) is 8.63. The minimum Gasteiger partial charge on any atom is -0.548 e. The molecule has 2 N–H and O–H groups in total. The molecule has 5 heteroatoms. The normalized spacial score (nSPS) is 11.6. The Morgan fingerprint density at radius 3 is 2.50 bits per heavy atom. The van der Waals surface area contributed by atoms with Gasteiger partial charge in [0.1, 0.15) is 0 Å². The van der Waals surface area contributed by atoms with E-state index in [-0.39, 0.29) is 6.42 Å². The van der Waals surface area contributed by atoms with Crippen molar-refractivity contribution in [1.29, 1.82) is 0 Å². The molecule has 0 bridgehead atoms. The topological polar surface area (TPSA) is 81.3 Å². The van der Waals surface area contributed by atoms with Crippen molar-refractivity contribution >= 4 is 12.0 Å². The Labute approximate surface area is 106 Å². The van der Waals surface area contributed by atoms with Gasteiger partial charge in [0, 0.05) is 6.54 Å². The molecule has 0 aliphatic heterocycles. The van der Waals surface area contributed by atoms with Crippen LogP contribution < -0.4 is 15.7 Å². The molecule has 98 valence electrons. The number of carboxylic acids is 1. The fourth-order valence-corrected chi connectivity index (χ4v) is 1.49. The van der Waals surface area contributed by atoms with E-state index in [2.05, 4.69) is 10.6 Å². The summed E-state index contributed by atoms with van der Waals surface area (Å²) in [6.07, 6.45) is 1.00. The van der Waals surface area contributed by atoms with E-state index in [9.17, 15) is 14.7 Å². The maximum absolute atomic E-state index is 11.4. The fourth-order valence-electron chi connectivity index (χ4n) is 1.49. The quantitative estimate of drug-likeness (QED) is 0.748. The van der Waals surface area contributed by atoms with E-state index in [1.54, 1.807) is 0 Å². The van der Waals surface area contributed by atoms with E-state index in [0.29, 0.717) is 6.54 Å². The van der Waals surface area contributed by atoms with Crippen LogP contribution in [0.5, 0.6) is 0 Å². The second-order valence-corrected chi connectivity index (χ2v) is 3.96. The van der Waals surface area contributed by atoms with Gasteiger partial charge in [-0.1, -0.05) is 37.3 Å². The average molecular weight is 249 g/mol. The number of hydrogen-bond donors (Lipinski definition) is 2. The molecule has 1 rings (SSSR count). The SMILES string of the molecule is CCCNC(=O)N[C@@H](Cc1ccccc1)C(=O)[O-]. The molecule has 0 heterocycles. The summed E-state index contributed by atoms with van der Waals surface area (Å²) in [6, 6.07) is 7.59. The van der Waals surface area contributed by atoms with E-state index >= 15 is 0 Å². The Morgan fingerprint density at radius 1 is 1.28 bits per heavy atom. The van der Waals surface area contributed by atoms with Crippen LogP contribution in [0, 0.1) is 0 Å². The molecule has 0 fully saturated rings. The lowest BCUT2D eigenvalue weighted by atomic mass is 10.1. The highest BCUT2D eigenvalue weighted by molar-refractivity contribution is 5.81. The predicted molar refractivity (Wildman–Crippen MR) is 65.8 cm³/mol. The zero-order valence-corrected chi connectivity index (χ0v) is 10.3. The molecule has 0 aliphatic carbocycles. The Morgan fingerprint density at radius 2 is 1.94 bits per heavy atom. The maximum atomic E-state index is 11.4. The monoisotopic (exact) mass is 249 g/mol. The van der Waals surface area contributed by atoms with Crippen LogP contribution in [0.4, 0.5) is 4.79 Å². The number of nitrogens with one attached hydrogen (secondary N) is 2. The summed E-state index contributed by atoms with van der Waals surface area (Å²) in [5, 5.41) is 15.9. The van der Waals surface area contributed by atoms with Crippen molar-refractivity contribution < 1.29 is 14.7 Å². The molecule has 5 nitrogen and oxygen atoms in total. The molecule has 18 heavy (non-hydrogen) atoms. The zero-order valence-electron chi connectivity index (χ0n) is 10.3. The highest BCUT2D eigenvalue weighted by atomic mass is 16.4. The van der Waals surface area contributed by atoms with Crippen molar-refractivity contribution in [3.63, 3.8) is 0 Å². The number of amides is 2. The van der Waals surface area contributed by atoms with E-state index in [4.69, 9.17) is 0 Å².